The molecule has 0 saturated heterocycles. The lowest BCUT2D eigenvalue weighted by atomic mass is 10.2. The zero-order valence-corrected chi connectivity index (χ0v) is 11.9. The van der Waals surface area contributed by atoms with Crippen LogP contribution in [0.2, 0.25) is 5.15 Å². The van der Waals surface area contributed by atoms with Crippen molar-refractivity contribution < 1.29 is 9.18 Å². The van der Waals surface area contributed by atoms with Gasteiger partial charge < -0.3 is 5.32 Å². The van der Waals surface area contributed by atoms with Crippen molar-refractivity contribution in [2.75, 3.05) is 0 Å². The van der Waals surface area contributed by atoms with Crippen molar-refractivity contribution in [3.05, 3.63) is 57.3 Å². The lowest BCUT2D eigenvalue weighted by Gasteiger charge is -2.06. The fraction of sp³-hybridized carbons (Fsp3) is 0.0833. The van der Waals surface area contributed by atoms with Crippen LogP contribution in [0.25, 0.3) is 0 Å². The Hall–Kier alpha value is -1.53. The normalized spacial score (nSPS) is 10.3. The molecule has 0 aliphatic rings. The van der Waals surface area contributed by atoms with Crippen LogP contribution < -0.4 is 5.32 Å². The molecule has 1 amide bonds. The highest BCUT2D eigenvalue weighted by Gasteiger charge is 2.09. The summed E-state index contributed by atoms with van der Waals surface area (Å²) in [6, 6.07) is 4.26. The predicted octanol–water partition coefficient (Wildman–Crippen LogP) is 2.96. The Labute approximate surface area is 122 Å². The van der Waals surface area contributed by atoms with Crippen LogP contribution in [0, 0.1) is 5.82 Å². The second kappa shape index (κ2) is 6.08. The standard InChI is InChI=1S/C12H8BrClFN3O/c13-9-2-1-8(15)3-7(9)4-18-12(19)10-5-17-11(14)6-16-10/h1-3,5-6H,4H2,(H,18,19). The lowest BCUT2D eigenvalue weighted by Crippen LogP contribution is -2.24. The number of nitrogens with zero attached hydrogens (tertiary/aromatic N) is 2. The quantitative estimate of drug-likeness (QED) is 0.931. The molecule has 0 aliphatic heterocycles. The summed E-state index contributed by atoms with van der Waals surface area (Å²) in [4.78, 5) is 19.4. The summed E-state index contributed by atoms with van der Waals surface area (Å²) in [5.41, 5.74) is 0.784. The first-order valence-corrected chi connectivity index (χ1v) is 6.43. The predicted molar refractivity (Wildman–Crippen MR) is 72.3 cm³/mol. The number of halogens is 3. The van der Waals surface area contributed by atoms with Crippen LogP contribution in [0.4, 0.5) is 4.39 Å². The first kappa shape index (κ1) is 13.9. The lowest BCUT2D eigenvalue weighted by molar-refractivity contribution is 0.0945. The van der Waals surface area contributed by atoms with E-state index in [9.17, 15) is 9.18 Å². The van der Waals surface area contributed by atoms with E-state index in [0.717, 1.165) is 4.47 Å². The van der Waals surface area contributed by atoms with Crippen LogP contribution in [-0.2, 0) is 6.54 Å². The number of aromatic nitrogens is 2. The maximum absolute atomic E-state index is 13.1. The average molecular weight is 345 g/mol. The third-order valence-corrected chi connectivity index (χ3v) is 3.27. The van der Waals surface area contributed by atoms with Gasteiger partial charge in [0.15, 0.2) is 0 Å². The summed E-state index contributed by atoms with van der Waals surface area (Å²) >= 11 is 8.86. The summed E-state index contributed by atoms with van der Waals surface area (Å²) in [7, 11) is 0. The summed E-state index contributed by atoms with van der Waals surface area (Å²) in [5, 5.41) is 2.83. The number of carbonyl (C=O) groups is 1. The van der Waals surface area contributed by atoms with Gasteiger partial charge in [0.25, 0.3) is 5.91 Å². The summed E-state index contributed by atoms with van der Waals surface area (Å²) < 4.78 is 13.8. The van der Waals surface area contributed by atoms with E-state index >= 15 is 0 Å². The Bertz CT molecular complexity index is 606. The zero-order valence-electron chi connectivity index (χ0n) is 9.53. The van der Waals surface area contributed by atoms with Crippen molar-refractivity contribution in [1.29, 1.82) is 0 Å². The Morgan fingerprint density at radius 3 is 2.84 bits per heavy atom. The number of nitrogens with one attached hydrogen (secondary N) is 1. The number of amides is 1. The van der Waals surface area contributed by atoms with Crippen molar-refractivity contribution in [1.82, 2.24) is 15.3 Å². The Morgan fingerprint density at radius 2 is 2.16 bits per heavy atom. The molecule has 0 radical (unpaired) electrons. The minimum absolute atomic E-state index is 0.150. The largest absolute Gasteiger partial charge is 0.347 e. The van der Waals surface area contributed by atoms with E-state index in [1.54, 1.807) is 6.07 Å². The van der Waals surface area contributed by atoms with Crippen LogP contribution >= 0.6 is 27.5 Å². The maximum atomic E-state index is 13.1. The van der Waals surface area contributed by atoms with Gasteiger partial charge in [-0.2, -0.15) is 0 Å². The smallest absolute Gasteiger partial charge is 0.271 e. The second-order valence-corrected chi connectivity index (χ2v) is 4.88. The van der Waals surface area contributed by atoms with Crippen molar-refractivity contribution in [2.45, 2.75) is 6.54 Å². The van der Waals surface area contributed by atoms with E-state index in [1.165, 1.54) is 24.5 Å². The molecule has 0 fully saturated rings. The molecule has 0 saturated carbocycles. The van der Waals surface area contributed by atoms with Gasteiger partial charge >= 0.3 is 0 Å². The van der Waals surface area contributed by atoms with Crippen LogP contribution in [0.3, 0.4) is 0 Å². The first-order chi connectivity index (χ1) is 9.06. The Kier molecular flexibility index (Phi) is 4.44. The van der Waals surface area contributed by atoms with E-state index in [4.69, 9.17) is 11.6 Å². The highest BCUT2D eigenvalue weighted by Crippen LogP contribution is 2.17. The minimum Gasteiger partial charge on any atom is -0.347 e. The first-order valence-electron chi connectivity index (χ1n) is 5.26. The molecule has 1 aromatic carbocycles. The zero-order chi connectivity index (χ0) is 13.8. The van der Waals surface area contributed by atoms with Gasteiger partial charge in [-0.3, -0.25) is 4.79 Å². The number of carbonyl (C=O) groups excluding carboxylic acids is 1. The SMILES string of the molecule is O=C(NCc1cc(F)ccc1Br)c1cnc(Cl)cn1. The molecule has 0 unspecified atom stereocenters. The van der Waals surface area contributed by atoms with Gasteiger partial charge in [-0.05, 0) is 23.8 Å². The number of hydrogen-bond acceptors (Lipinski definition) is 3. The molecule has 2 aromatic rings. The molecule has 2 rings (SSSR count). The van der Waals surface area contributed by atoms with Crippen LogP contribution in [0.5, 0.6) is 0 Å². The highest BCUT2D eigenvalue weighted by molar-refractivity contribution is 9.10. The molecule has 7 heteroatoms. The molecule has 1 heterocycles. The number of benzene rings is 1. The minimum atomic E-state index is -0.402. The summed E-state index contributed by atoms with van der Waals surface area (Å²) in [5.74, 6) is -0.765. The molecule has 1 aromatic heterocycles. The molecule has 0 atom stereocenters. The number of hydrogen-bond donors (Lipinski definition) is 1. The molecular weight excluding hydrogens is 337 g/mol. The van der Waals surface area contributed by atoms with Crippen LogP contribution in [0.1, 0.15) is 16.1 Å². The van der Waals surface area contributed by atoms with Crippen molar-refractivity contribution >= 4 is 33.4 Å². The number of rotatable bonds is 3. The molecule has 98 valence electrons. The molecule has 4 nitrogen and oxygen atoms in total. The molecule has 0 bridgehead atoms. The third kappa shape index (κ3) is 3.71. The van der Waals surface area contributed by atoms with Crippen molar-refractivity contribution in [3.8, 4) is 0 Å². The van der Waals surface area contributed by atoms with Gasteiger partial charge in [0.1, 0.15) is 16.7 Å². The van der Waals surface area contributed by atoms with Gasteiger partial charge in [-0.15, -0.1) is 0 Å². The van der Waals surface area contributed by atoms with E-state index in [0.29, 0.717) is 5.56 Å². The van der Waals surface area contributed by atoms with E-state index in [2.05, 4.69) is 31.2 Å². The molecular formula is C12H8BrClFN3O. The molecule has 19 heavy (non-hydrogen) atoms. The molecule has 0 aliphatic carbocycles. The molecule has 0 spiro atoms. The highest BCUT2D eigenvalue weighted by atomic mass is 79.9. The maximum Gasteiger partial charge on any atom is 0.271 e. The Morgan fingerprint density at radius 1 is 1.37 bits per heavy atom. The van der Waals surface area contributed by atoms with E-state index < -0.39 is 5.91 Å². The van der Waals surface area contributed by atoms with Crippen molar-refractivity contribution in [2.24, 2.45) is 0 Å². The third-order valence-electron chi connectivity index (χ3n) is 2.30. The summed E-state index contributed by atoms with van der Waals surface area (Å²) in [6.07, 6.45) is 2.56. The van der Waals surface area contributed by atoms with Gasteiger partial charge in [0.05, 0.1) is 12.4 Å². The summed E-state index contributed by atoms with van der Waals surface area (Å²) in [6.45, 7) is 0.182. The topological polar surface area (TPSA) is 54.9 Å². The van der Waals surface area contributed by atoms with E-state index in [-0.39, 0.29) is 23.2 Å². The van der Waals surface area contributed by atoms with E-state index in [1.807, 2.05) is 0 Å². The fourth-order valence-electron chi connectivity index (χ4n) is 1.37. The van der Waals surface area contributed by atoms with Gasteiger partial charge in [-0.1, -0.05) is 27.5 Å². The van der Waals surface area contributed by atoms with Crippen LogP contribution in [-0.4, -0.2) is 15.9 Å². The molecule has 1 N–H and O–H groups in total. The fourth-order valence-corrected chi connectivity index (χ4v) is 1.86. The second-order valence-electron chi connectivity index (χ2n) is 3.64. The van der Waals surface area contributed by atoms with Crippen molar-refractivity contribution in [3.63, 3.8) is 0 Å². The van der Waals surface area contributed by atoms with Gasteiger partial charge in [-0.25, -0.2) is 14.4 Å². The monoisotopic (exact) mass is 343 g/mol. The van der Waals surface area contributed by atoms with Crippen LogP contribution in [0.15, 0.2) is 35.1 Å². The Balaban J connectivity index is 2.04. The van der Waals surface area contributed by atoms with Gasteiger partial charge in [0, 0.05) is 11.0 Å². The van der Waals surface area contributed by atoms with Gasteiger partial charge in [0.2, 0.25) is 0 Å². The average Bonchev–Trinajstić information content (AvgIpc) is 2.40.